The zero-order valence-corrected chi connectivity index (χ0v) is 9.57. The van der Waals surface area contributed by atoms with Crippen molar-refractivity contribution >= 4 is 11.6 Å². The van der Waals surface area contributed by atoms with Crippen molar-refractivity contribution in [2.24, 2.45) is 0 Å². The number of pyridine rings is 1. The van der Waals surface area contributed by atoms with Gasteiger partial charge in [-0.2, -0.15) is 0 Å². The first-order chi connectivity index (χ1) is 7.86. The van der Waals surface area contributed by atoms with E-state index in [9.17, 15) is 0 Å². The lowest BCUT2D eigenvalue weighted by Gasteiger charge is -2.04. The summed E-state index contributed by atoms with van der Waals surface area (Å²) in [4.78, 5) is 4.01. The highest BCUT2D eigenvalue weighted by Crippen LogP contribution is 2.10. The Bertz CT molecular complexity index is 428. The number of hydrogen-bond acceptors (Lipinski definition) is 3. The molecule has 0 saturated heterocycles. The Kier molecular flexibility index (Phi) is 3.97. The Hall–Kier alpha value is -1.32. The summed E-state index contributed by atoms with van der Waals surface area (Å²) in [6.45, 7) is 1.59. The van der Waals surface area contributed by atoms with Crippen LogP contribution in [0.3, 0.4) is 0 Å². The minimum Gasteiger partial charge on any atom is -0.469 e. The molecular formula is C12H13ClN2O. The summed E-state index contributed by atoms with van der Waals surface area (Å²) >= 11 is 5.93. The number of nitrogens with one attached hydrogen (secondary N) is 1. The molecule has 0 aliphatic rings. The van der Waals surface area contributed by atoms with Gasteiger partial charge in [0.1, 0.15) is 10.9 Å². The summed E-state index contributed by atoms with van der Waals surface area (Å²) in [7, 11) is 0. The van der Waals surface area contributed by atoms with Crippen LogP contribution < -0.4 is 5.32 Å². The molecule has 3 nitrogen and oxygen atoms in total. The second kappa shape index (κ2) is 5.68. The van der Waals surface area contributed by atoms with Gasteiger partial charge in [0.2, 0.25) is 0 Å². The van der Waals surface area contributed by atoms with Gasteiger partial charge in [0.05, 0.1) is 6.26 Å². The number of hydrogen-bond donors (Lipinski definition) is 1. The van der Waals surface area contributed by atoms with Crippen LogP contribution in [0.1, 0.15) is 11.3 Å². The number of aromatic nitrogens is 1. The molecule has 0 amide bonds. The summed E-state index contributed by atoms with van der Waals surface area (Å²) in [5, 5.41) is 3.86. The second-order valence-electron chi connectivity index (χ2n) is 3.46. The molecule has 0 saturated carbocycles. The van der Waals surface area contributed by atoms with E-state index in [1.807, 2.05) is 24.3 Å². The first kappa shape index (κ1) is 11.2. The molecule has 0 aromatic carbocycles. The molecule has 2 heterocycles. The molecule has 0 aliphatic heterocycles. The van der Waals surface area contributed by atoms with Crippen LogP contribution in [-0.4, -0.2) is 11.5 Å². The zero-order chi connectivity index (χ0) is 11.2. The zero-order valence-electron chi connectivity index (χ0n) is 8.82. The van der Waals surface area contributed by atoms with Gasteiger partial charge < -0.3 is 9.73 Å². The Balaban J connectivity index is 1.74. The molecule has 84 valence electrons. The van der Waals surface area contributed by atoms with E-state index >= 15 is 0 Å². The lowest BCUT2D eigenvalue weighted by molar-refractivity contribution is 0.499. The molecule has 16 heavy (non-hydrogen) atoms. The van der Waals surface area contributed by atoms with Crippen LogP contribution >= 0.6 is 11.6 Å². The number of furan rings is 1. The third-order valence-electron chi connectivity index (χ3n) is 2.28. The fourth-order valence-electron chi connectivity index (χ4n) is 1.44. The fourth-order valence-corrected chi connectivity index (χ4v) is 1.63. The van der Waals surface area contributed by atoms with Crippen LogP contribution in [0, 0.1) is 0 Å². The van der Waals surface area contributed by atoms with Crippen LogP contribution in [-0.2, 0) is 13.0 Å². The third-order valence-corrected chi connectivity index (χ3v) is 2.62. The van der Waals surface area contributed by atoms with Crippen molar-refractivity contribution in [2.45, 2.75) is 13.0 Å². The van der Waals surface area contributed by atoms with E-state index in [1.165, 1.54) is 0 Å². The Morgan fingerprint density at radius 3 is 3.00 bits per heavy atom. The maximum atomic E-state index is 5.93. The van der Waals surface area contributed by atoms with Gasteiger partial charge in [-0.3, -0.25) is 0 Å². The average molecular weight is 237 g/mol. The number of halogens is 1. The van der Waals surface area contributed by atoms with Crippen molar-refractivity contribution in [3.8, 4) is 0 Å². The molecule has 0 radical (unpaired) electrons. The fraction of sp³-hybridized carbons (Fsp3) is 0.250. The lowest BCUT2D eigenvalue weighted by Crippen LogP contribution is -2.16. The molecule has 0 atom stereocenters. The molecular weight excluding hydrogens is 224 g/mol. The van der Waals surface area contributed by atoms with E-state index in [2.05, 4.69) is 10.3 Å². The third kappa shape index (κ3) is 3.08. The van der Waals surface area contributed by atoms with Crippen molar-refractivity contribution in [1.29, 1.82) is 0 Å². The average Bonchev–Trinajstić information content (AvgIpc) is 2.79. The molecule has 2 rings (SSSR count). The van der Waals surface area contributed by atoms with E-state index < -0.39 is 0 Å². The van der Waals surface area contributed by atoms with Crippen molar-refractivity contribution in [3.63, 3.8) is 0 Å². The molecule has 0 unspecified atom stereocenters. The van der Waals surface area contributed by atoms with Crippen molar-refractivity contribution < 1.29 is 4.42 Å². The van der Waals surface area contributed by atoms with Crippen LogP contribution in [0.4, 0.5) is 0 Å². The minimum atomic E-state index is 0.563. The summed E-state index contributed by atoms with van der Waals surface area (Å²) in [6, 6.07) is 7.72. The smallest absolute Gasteiger partial charge is 0.133 e. The predicted octanol–water partition coefficient (Wildman–Crippen LogP) is 2.66. The first-order valence-electron chi connectivity index (χ1n) is 5.19. The van der Waals surface area contributed by atoms with Crippen LogP contribution in [0.5, 0.6) is 0 Å². The van der Waals surface area contributed by atoms with Gasteiger partial charge in [0, 0.05) is 31.3 Å². The van der Waals surface area contributed by atoms with E-state index in [0.717, 1.165) is 30.8 Å². The molecule has 4 heteroatoms. The summed E-state index contributed by atoms with van der Waals surface area (Å²) in [5.41, 5.74) is 1.02. The van der Waals surface area contributed by atoms with Crippen molar-refractivity contribution in [3.05, 3.63) is 53.2 Å². The maximum absolute atomic E-state index is 5.93. The number of rotatable bonds is 5. The van der Waals surface area contributed by atoms with E-state index in [0.29, 0.717) is 5.15 Å². The van der Waals surface area contributed by atoms with Gasteiger partial charge in [-0.15, -0.1) is 0 Å². The van der Waals surface area contributed by atoms with Gasteiger partial charge in [-0.1, -0.05) is 17.7 Å². The molecule has 1 N–H and O–H groups in total. The molecule has 0 spiro atoms. The molecule has 0 fully saturated rings. The Labute approximate surface area is 99.5 Å². The molecule has 2 aromatic rings. The standard InChI is InChI=1S/C12H13ClN2O/c13-12-10(3-1-6-15-12)9-14-7-5-11-4-2-8-16-11/h1-4,6,8,14H,5,7,9H2. The van der Waals surface area contributed by atoms with Gasteiger partial charge in [-0.25, -0.2) is 4.98 Å². The topological polar surface area (TPSA) is 38.1 Å². The molecule has 0 bridgehead atoms. The monoisotopic (exact) mass is 236 g/mol. The normalized spacial score (nSPS) is 10.6. The highest BCUT2D eigenvalue weighted by molar-refractivity contribution is 6.30. The van der Waals surface area contributed by atoms with Crippen LogP contribution in [0.2, 0.25) is 5.15 Å². The summed E-state index contributed by atoms with van der Waals surface area (Å²) in [6.07, 6.45) is 4.26. The van der Waals surface area contributed by atoms with Crippen molar-refractivity contribution in [2.75, 3.05) is 6.54 Å². The Morgan fingerprint density at radius 2 is 2.25 bits per heavy atom. The summed E-state index contributed by atoms with van der Waals surface area (Å²) in [5.74, 6) is 0.991. The quantitative estimate of drug-likeness (QED) is 0.641. The highest BCUT2D eigenvalue weighted by atomic mass is 35.5. The largest absolute Gasteiger partial charge is 0.469 e. The number of nitrogens with zero attached hydrogens (tertiary/aromatic N) is 1. The van der Waals surface area contributed by atoms with Gasteiger partial charge in [0.25, 0.3) is 0 Å². The van der Waals surface area contributed by atoms with Crippen LogP contribution in [0.15, 0.2) is 41.1 Å². The SMILES string of the molecule is Clc1ncccc1CNCCc1ccco1. The van der Waals surface area contributed by atoms with E-state index in [4.69, 9.17) is 16.0 Å². The van der Waals surface area contributed by atoms with Crippen molar-refractivity contribution in [1.82, 2.24) is 10.3 Å². The summed E-state index contributed by atoms with van der Waals surface area (Å²) < 4.78 is 5.23. The molecule has 0 aliphatic carbocycles. The molecule has 2 aromatic heterocycles. The second-order valence-corrected chi connectivity index (χ2v) is 3.82. The van der Waals surface area contributed by atoms with Gasteiger partial charge in [-0.05, 0) is 18.2 Å². The van der Waals surface area contributed by atoms with Gasteiger partial charge in [0.15, 0.2) is 0 Å². The van der Waals surface area contributed by atoms with Crippen LogP contribution in [0.25, 0.3) is 0 Å². The predicted molar refractivity (Wildman–Crippen MR) is 63.4 cm³/mol. The minimum absolute atomic E-state index is 0.563. The maximum Gasteiger partial charge on any atom is 0.133 e. The Morgan fingerprint density at radius 1 is 1.31 bits per heavy atom. The first-order valence-corrected chi connectivity index (χ1v) is 5.56. The van der Waals surface area contributed by atoms with Gasteiger partial charge >= 0.3 is 0 Å². The van der Waals surface area contributed by atoms with E-state index in [1.54, 1.807) is 12.5 Å². The van der Waals surface area contributed by atoms with E-state index in [-0.39, 0.29) is 0 Å². The highest BCUT2D eigenvalue weighted by Gasteiger charge is 2.00. The lowest BCUT2D eigenvalue weighted by atomic mass is 10.2.